The van der Waals surface area contributed by atoms with Gasteiger partial charge in [-0.05, 0) is 49.9 Å². The van der Waals surface area contributed by atoms with Gasteiger partial charge in [-0.2, -0.15) is 0 Å². The van der Waals surface area contributed by atoms with Crippen molar-refractivity contribution in [1.82, 2.24) is 19.6 Å². The van der Waals surface area contributed by atoms with Gasteiger partial charge in [0.05, 0.1) is 18.2 Å². The highest BCUT2D eigenvalue weighted by atomic mass is 16.5. The van der Waals surface area contributed by atoms with Crippen LogP contribution in [0.15, 0.2) is 42.5 Å². The SMILES string of the molecule is COc1ccccc1-c1nnc2c3cc(C)ccc3nc(N3CCC(C)CC3)n12. The summed E-state index contributed by atoms with van der Waals surface area (Å²) in [5.74, 6) is 3.21. The number of anilines is 1. The van der Waals surface area contributed by atoms with Crippen LogP contribution in [0.3, 0.4) is 0 Å². The van der Waals surface area contributed by atoms with E-state index in [0.717, 1.165) is 58.6 Å². The minimum Gasteiger partial charge on any atom is -0.496 e. The normalized spacial score (nSPS) is 15.3. The van der Waals surface area contributed by atoms with Gasteiger partial charge in [0.2, 0.25) is 5.95 Å². The van der Waals surface area contributed by atoms with Gasteiger partial charge in [-0.1, -0.05) is 30.7 Å². The number of benzene rings is 2. The molecule has 0 saturated carbocycles. The second kappa shape index (κ2) is 7.03. The molecule has 0 radical (unpaired) electrons. The molecule has 0 spiro atoms. The summed E-state index contributed by atoms with van der Waals surface area (Å²) in [6.07, 6.45) is 2.34. The van der Waals surface area contributed by atoms with Crippen molar-refractivity contribution in [2.45, 2.75) is 26.7 Å². The Kier molecular flexibility index (Phi) is 4.34. The Morgan fingerprint density at radius 1 is 1.03 bits per heavy atom. The molecule has 5 rings (SSSR count). The van der Waals surface area contributed by atoms with Crippen molar-refractivity contribution in [3.8, 4) is 17.1 Å². The number of hydrogen-bond acceptors (Lipinski definition) is 5. The van der Waals surface area contributed by atoms with Crippen molar-refractivity contribution < 1.29 is 4.74 Å². The Hall–Kier alpha value is -3.15. The summed E-state index contributed by atoms with van der Waals surface area (Å²) in [6.45, 7) is 6.39. The largest absolute Gasteiger partial charge is 0.496 e. The Balaban J connectivity index is 1.81. The summed E-state index contributed by atoms with van der Waals surface area (Å²) in [5.41, 5.74) is 3.90. The molecule has 3 heterocycles. The molecule has 1 saturated heterocycles. The van der Waals surface area contributed by atoms with E-state index >= 15 is 0 Å². The molecular weight excluding hydrogens is 362 g/mol. The number of ether oxygens (including phenoxy) is 1. The predicted molar refractivity (Wildman–Crippen MR) is 116 cm³/mol. The van der Waals surface area contributed by atoms with E-state index in [-0.39, 0.29) is 0 Å². The molecule has 1 fully saturated rings. The first-order valence-corrected chi connectivity index (χ1v) is 10.2. The molecular formula is C23H25N5O. The zero-order chi connectivity index (χ0) is 20.0. The molecule has 29 heavy (non-hydrogen) atoms. The van der Waals surface area contributed by atoms with E-state index in [1.807, 2.05) is 24.3 Å². The van der Waals surface area contributed by atoms with Crippen molar-refractivity contribution in [1.29, 1.82) is 0 Å². The average molecular weight is 387 g/mol. The maximum Gasteiger partial charge on any atom is 0.213 e. The number of rotatable bonds is 3. The highest BCUT2D eigenvalue weighted by Crippen LogP contribution is 2.34. The maximum atomic E-state index is 5.61. The highest BCUT2D eigenvalue weighted by molar-refractivity contribution is 5.94. The van der Waals surface area contributed by atoms with Crippen LogP contribution in [0.5, 0.6) is 5.75 Å². The minimum absolute atomic E-state index is 0.749. The Bertz CT molecular complexity index is 1190. The lowest BCUT2D eigenvalue weighted by atomic mass is 9.99. The summed E-state index contributed by atoms with van der Waals surface area (Å²) in [7, 11) is 1.69. The Morgan fingerprint density at radius 2 is 1.83 bits per heavy atom. The van der Waals surface area contributed by atoms with E-state index in [9.17, 15) is 0 Å². The molecule has 1 aliphatic rings. The molecule has 0 aliphatic carbocycles. The van der Waals surface area contributed by atoms with Gasteiger partial charge < -0.3 is 9.64 Å². The Morgan fingerprint density at radius 3 is 2.62 bits per heavy atom. The third-order valence-corrected chi connectivity index (χ3v) is 5.89. The van der Waals surface area contributed by atoms with Crippen molar-refractivity contribution in [2.24, 2.45) is 5.92 Å². The lowest BCUT2D eigenvalue weighted by Gasteiger charge is -2.31. The van der Waals surface area contributed by atoms with Crippen molar-refractivity contribution in [3.63, 3.8) is 0 Å². The van der Waals surface area contributed by atoms with Gasteiger partial charge in [-0.3, -0.25) is 0 Å². The summed E-state index contributed by atoms with van der Waals surface area (Å²) in [4.78, 5) is 7.44. The van der Waals surface area contributed by atoms with E-state index < -0.39 is 0 Å². The first-order valence-electron chi connectivity index (χ1n) is 10.2. The molecule has 0 bridgehead atoms. The maximum absolute atomic E-state index is 5.61. The molecule has 0 unspecified atom stereocenters. The molecule has 148 valence electrons. The second-order valence-corrected chi connectivity index (χ2v) is 7.98. The smallest absolute Gasteiger partial charge is 0.213 e. The number of fused-ring (bicyclic) bond motifs is 3. The average Bonchev–Trinajstić information content (AvgIpc) is 3.19. The zero-order valence-electron chi connectivity index (χ0n) is 17.1. The predicted octanol–water partition coefficient (Wildman–Crippen LogP) is 4.50. The fourth-order valence-corrected chi connectivity index (χ4v) is 4.16. The standard InChI is InChI=1S/C23H25N5O/c1-15-10-12-27(13-11-15)23-24-19-9-8-16(2)14-18(19)22-26-25-21(28(22)23)17-6-4-5-7-20(17)29-3/h4-9,14-15H,10-13H2,1-3H3. The summed E-state index contributed by atoms with van der Waals surface area (Å²) in [5, 5.41) is 10.2. The lowest BCUT2D eigenvalue weighted by molar-refractivity contribution is 0.416. The topological polar surface area (TPSA) is 55.6 Å². The molecule has 0 amide bonds. The van der Waals surface area contributed by atoms with Crippen LogP contribution in [0.4, 0.5) is 5.95 Å². The van der Waals surface area contributed by atoms with Crippen molar-refractivity contribution >= 4 is 22.5 Å². The first kappa shape index (κ1) is 17.9. The number of nitrogens with zero attached hydrogens (tertiary/aromatic N) is 5. The van der Waals surface area contributed by atoms with Gasteiger partial charge in [0.1, 0.15) is 5.75 Å². The number of methoxy groups -OCH3 is 1. The Labute approximate surface area is 170 Å². The van der Waals surface area contributed by atoms with E-state index in [1.54, 1.807) is 7.11 Å². The number of para-hydroxylation sites is 1. The van der Waals surface area contributed by atoms with Crippen molar-refractivity contribution in [2.75, 3.05) is 25.1 Å². The van der Waals surface area contributed by atoms with Crippen LogP contribution >= 0.6 is 0 Å². The van der Waals surface area contributed by atoms with Crippen molar-refractivity contribution in [3.05, 3.63) is 48.0 Å². The lowest BCUT2D eigenvalue weighted by Crippen LogP contribution is -2.34. The van der Waals surface area contributed by atoms with Crippen LogP contribution in [0.25, 0.3) is 27.9 Å². The van der Waals surface area contributed by atoms with Crippen LogP contribution in [-0.2, 0) is 0 Å². The van der Waals surface area contributed by atoms with Crippen LogP contribution in [0.1, 0.15) is 25.3 Å². The molecule has 0 atom stereocenters. The first-order chi connectivity index (χ1) is 14.2. The minimum atomic E-state index is 0.749. The molecule has 1 aliphatic heterocycles. The molecule has 4 aromatic rings. The fraction of sp³-hybridized carbons (Fsp3) is 0.348. The third-order valence-electron chi connectivity index (χ3n) is 5.89. The van der Waals surface area contributed by atoms with Gasteiger partial charge in [0, 0.05) is 18.5 Å². The van der Waals surface area contributed by atoms with Crippen LogP contribution in [0.2, 0.25) is 0 Å². The monoisotopic (exact) mass is 387 g/mol. The molecule has 2 aromatic carbocycles. The molecule has 6 nitrogen and oxygen atoms in total. The zero-order valence-corrected chi connectivity index (χ0v) is 17.1. The summed E-state index contributed by atoms with van der Waals surface area (Å²) >= 11 is 0. The number of aromatic nitrogens is 4. The number of aryl methyl sites for hydroxylation is 1. The highest BCUT2D eigenvalue weighted by Gasteiger charge is 2.24. The number of hydrogen-bond donors (Lipinski definition) is 0. The van der Waals surface area contributed by atoms with Crippen LogP contribution in [-0.4, -0.2) is 39.8 Å². The van der Waals surface area contributed by atoms with Gasteiger partial charge in [0.25, 0.3) is 0 Å². The van der Waals surface area contributed by atoms with Gasteiger partial charge in [0.15, 0.2) is 11.5 Å². The van der Waals surface area contributed by atoms with E-state index in [2.05, 4.69) is 51.5 Å². The van der Waals surface area contributed by atoms with E-state index in [1.165, 1.54) is 18.4 Å². The van der Waals surface area contributed by atoms with E-state index in [4.69, 9.17) is 9.72 Å². The van der Waals surface area contributed by atoms with Crippen LogP contribution < -0.4 is 9.64 Å². The second-order valence-electron chi connectivity index (χ2n) is 7.98. The van der Waals surface area contributed by atoms with Gasteiger partial charge >= 0.3 is 0 Å². The number of piperidine rings is 1. The van der Waals surface area contributed by atoms with Gasteiger partial charge in [-0.25, -0.2) is 9.38 Å². The molecule has 6 heteroatoms. The van der Waals surface area contributed by atoms with Gasteiger partial charge in [-0.15, -0.1) is 10.2 Å². The molecule has 2 aromatic heterocycles. The fourth-order valence-electron chi connectivity index (χ4n) is 4.16. The quantitative estimate of drug-likeness (QED) is 0.518. The summed E-state index contributed by atoms with van der Waals surface area (Å²) in [6, 6.07) is 14.3. The van der Waals surface area contributed by atoms with Crippen LogP contribution in [0, 0.1) is 12.8 Å². The summed E-state index contributed by atoms with van der Waals surface area (Å²) < 4.78 is 7.72. The molecule has 0 N–H and O–H groups in total. The third kappa shape index (κ3) is 2.99. The van der Waals surface area contributed by atoms with E-state index in [0.29, 0.717) is 0 Å².